The number of aromatic hydroxyl groups is 1. The highest BCUT2D eigenvalue weighted by Crippen LogP contribution is 2.35. The van der Waals surface area contributed by atoms with E-state index in [2.05, 4.69) is 27.3 Å². The van der Waals surface area contributed by atoms with Gasteiger partial charge in [0.2, 0.25) is 11.9 Å². The van der Waals surface area contributed by atoms with Crippen LogP contribution in [0.4, 0.5) is 11.6 Å². The number of fused-ring (bicyclic) bond motifs is 2. The average Bonchev–Trinajstić information content (AvgIpc) is 3.17. The van der Waals surface area contributed by atoms with Gasteiger partial charge in [-0.2, -0.15) is 0 Å². The molecule has 0 radical (unpaired) electrons. The maximum absolute atomic E-state index is 12.8. The fourth-order valence-corrected chi connectivity index (χ4v) is 4.01. The summed E-state index contributed by atoms with van der Waals surface area (Å²) in [5.41, 5.74) is 3.49. The smallest absolute Gasteiger partial charge is 0.257 e. The number of hydrogen-bond acceptors (Lipinski definition) is 7. The Balaban J connectivity index is 1.67. The number of aromatic nitrogens is 2. The van der Waals surface area contributed by atoms with E-state index in [4.69, 9.17) is 9.73 Å². The number of aryl methyl sites for hydroxylation is 1. The fraction of sp³-hybridized carbons (Fsp3) is 0.227. The second kappa shape index (κ2) is 6.91. The number of ether oxygens (including phenoxy) is 1. The van der Waals surface area contributed by atoms with Gasteiger partial charge in [0.25, 0.3) is 5.56 Å². The molecule has 2 aliphatic rings. The van der Waals surface area contributed by atoms with Crippen LogP contribution in [0.25, 0.3) is 0 Å². The predicted molar refractivity (Wildman–Crippen MR) is 115 cm³/mol. The molecule has 0 amide bonds. The molecule has 5 rings (SSSR count). The highest BCUT2D eigenvalue weighted by molar-refractivity contribution is 6.06. The Labute approximate surface area is 173 Å². The van der Waals surface area contributed by atoms with Crippen molar-refractivity contribution in [3.05, 3.63) is 75.7 Å². The van der Waals surface area contributed by atoms with Crippen molar-refractivity contribution >= 4 is 17.6 Å². The molecule has 0 fully saturated rings. The lowest BCUT2D eigenvalue weighted by Crippen LogP contribution is -2.43. The lowest BCUT2D eigenvalue weighted by molar-refractivity contribution is 0.372. The van der Waals surface area contributed by atoms with Crippen LogP contribution in [0.3, 0.4) is 0 Å². The quantitative estimate of drug-likeness (QED) is 0.684. The third kappa shape index (κ3) is 2.88. The number of hydrogen-bond donors (Lipinski definition) is 2. The summed E-state index contributed by atoms with van der Waals surface area (Å²) in [5.74, 6) is 1.42. The van der Waals surface area contributed by atoms with E-state index in [1.165, 1.54) is 23.3 Å². The summed E-state index contributed by atoms with van der Waals surface area (Å²) in [7, 11) is 1.49. The van der Waals surface area contributed by atoms with Crippen molar-refractivity contribution in [1.82, 2.24) is 9.55 Å². The molecule has 3 aromatic rings. The Bertz CT molecular complexity index is 1230. The molecule has 2 aliphatic heterocycles. The lowest BCUT2D eigenvalue weighted by Gasteiger charge is -2.31. The second-order valence-corrected chi connectivity index (χ2v) is 7.34. The number of anilines is 2. The van der Waals surface area contributed by atoms with Crippen molar-refractivity contribution in [2.24, 2.45) is 4.99 Å². The number of aliphatic imine (C=N–C) groups is 1. The Kier molecular flexibility index (Phi) is 4.20. The molecule has 0 bridgehead atoms. The molecule has 0 unspecified atom stereocenters. The minimum atomic E-state index is -0.640. The Morgan fingerprint density at radius 2 is 2.03 bits per heavy atom. The number of nitrogens with one attached hydrogen (secondary N) is 1. The summed E-state index contributed by atoms with van der Waals surface area (Å²) in [6.07, 6.45) is 0.280. The SMILES string of the molecule is COc1cc([C@H]2N=C(N3CCc4ccccc43)Nc3nc(C)cc(=O)n32)ccc1O. The van der Waals surface area contributed by atoms with Gasteiger partial charge in [-0.25, -0.2) is 9.98 Å². The molecule has 0 saturated carbocycles. The third-order valence-electron chi connectivity index (χ3n) is 5.44. The summed E-state index contributed by atoms with van der Waals surface area (Å²) in [5, 5.41) is 13.2. The van der Waals surface area contributed by atoms with Crippen molar-refractivity contribution in [3.8, 4) is 11.5 Å². The van der Waals surface area contributed by atoms with Crippen LogP contribution in [-0.4, -0.2) is 34.3 Å². The summed E-state index contributed by atoms with van der Waals surface area (Å²) in [6, 6.07) is 14.7. The van der Waals surface area contributed by atoms with Crippen LogP contribution in [0.15, 0.2) is 58.3 Å². The largest absolute Gasteiger partial charge is 0.504 e. The van der Waals surface area contributed by atoms with Crippen LogP contribution in [0, 0.1) is 6.92 Å². The van der Waals surface area contributed by atoms with Crippen LogP contribution >= 0.6 is 0 Å². The van der Waals surface area contributed by atoms with Crippen LogP contribution in [-0.2, 0) is 6.42 Å². The normalized spacial score (nSPS) is 17.1. The average molecular weight is 403 g/mol. The van der Waals surface area contributed by atoms with Gasteiger partial charge in [0, 0.05) is 29.6 Å². The van der Waals surface area contributed by atoms with Crippen molar-refractivity contribution in [2.45, 2.75) is 19.5 Å². The van der Waals surface area contributed by atoms with E-state index in [9.17, 15) is 9.90 Å². The second-order valence-electron chi connectivity index (χ2n) is 7.34. The van der Waals surface area contributed by atoms with Gasteiger partial charge in [0.1, 0.15) is 0 Å². The Morgan fingerprint density at radius 1 is 1.20 bits per heavy atom. The third-order valence-corrected chi connectivity index (χ3v) is 5.44. The number of phenols is 1. The lowest BCUT2D eigenvalue weighted by atomic mass is 10.1. The van der Waals surface area contributed by atoms with E-state index in [0.717, 1.165) is 18.7 Å². The molecule has 0 saturated heterocycles. The van der Waals surface area contributed by atoms with Gasteiger partial charge in [0.05, 0.1) is 7.11 Å². The van der Waals surface area contributed by atoms with E-state index >= 15 is 0 Å². The summed E-state index contributed by atoms with van der Waals surface area (Å²) < 4.78 is 6.78. The number of benzene rings is 2. The number of rotatable bonds is 2. The van der Waals surface area contributed by atoms with Crippen molar-refractivity contribution < 1.29 is 9.84 Å². The van der Waals surface area contributed by atoms with Gasteiger partial charge in [0.15, 0.2) is 17.7 Å². The van der Waals surface area contributed by atoms with Gasteiger partial charge in [-0.3, -0.25) is 14.7 Å². The molecular formula is C22H21N5O3. The molecule has 0 spiro atoms. The first kappa shape index (κ1) is 18.2. The summed E-state index contributed by atoms with van der Waals surface area (Å²) >= 11 is 0. The van der Waals surface area contributed by atoms with Gasteiger partial charge in [-0.15, -0.1) is 0 Å². The van der Waals surface area contributed by atoms with Gasteiger partial charge >= 0.3 is 0 Å². The molecule has 3 heterocycles. The molecule has 1 atom stereocenters. The summed E-state index contributed by atoms with van der Waals surface area (Å²) in [6.45, 7) is 2.58. The molecule has 2 aromatic carbocycles. The number of phenolic OH excluding ortho intramolecular Hbond substituents is 1. The first-order chi connectivity index (χ1) is 14.5. The minimum Gasteiger partial charge on any atom is -0.504 e. The van der Waals surface area contributed by atoms with Crippen LogP contribution in [0.1, 0.15) is 23.0 Å². The van der Waals surface area contributed by atoms with Gasteiger partial charge < -0.3 is 14.7 Å². The van der Waals surface area contributed by atoms with Crippen molar-refractivity contribution in [1.29, 1.82) is 0 Å². The van der Waals surface area contributed by atoms with E-state index in [1.807, 2.05) is 12.1 Å². The first-order valence-corrected chi connectivity index (χ1v) is 9.72. The highest BCUT2D eigenvalue weighted by atomic mass is 16.5. The molecule has 1 aromatic heterocycles. The minimum absolute atomic E-state index is 0.0301. The number of guanidine groups is 1. The number of para-hydroxylation sites is 1. The maximum atomic E-state index is 12.8. The molecule has 8 heteroatoms. The Hall–Kier alpha value is -3.81. The molecular weight excluding hydrogens is 382 g/mol. The van der Waals surface area contributed by atoms with Gasteiger partial charge in [-0.1, -0.05) is 24.3 Å². The van der Waals surface area contributed by atoms with Crippen LogP contribution in [0.2, 0.25) is 0 Å². The standard InChI is InChI=1S/C22H21N5O3/c1-13-11-19(29)27-20(15-7-8-17(28)18(12-15)30-2)24-21(25-22(27)23-13)26-10-9-14-5-3-4-6-16(14)26/h3-8,11-12,20,28H,9-10H2,1-2H3,(H,23,24,25)/t20-/m0/s1. The molecule has 2 N–H and O–H groups in total. The van der Waals surface area contributed by atoms with Crippen molar-refractivity contribution in [3.63, 3.8) is 0 Å². The summed E-state index contributed by atoms with van der Waals surface area (Å²) in [4.78, 5) is 24.4. The van der Waals surface area contributed by atoms with Crippen LogP contribution in [0.5, 0.6) is 11.5 Å². The van der Waals surface area contributed by atoms with Crippen molar-refractivity contribution in [2.75, 3.05) is 23.9 Å². The number of methoxy groups -OCH3 is 1. The monoisotopic (exact) mass is 403 g/mol. The van der Waals surface area contributed by atoms with E-state index in [-0.39, 0.29) is 11.3 Å². The fourth-order valence-electron chi connectivity index (χ4n) is 4.01. The van der Waals surface area contributed by atoms with E-state index in [1.54, 1.807) is 25.1 Å². The van der Waals surface area contributed by atoms with E-state index < -0.39 is 6.17 Å². The Morgan fingerprint density at radius 3 is 2.87 bits per heavy atom. The first-order valence-electron chi connectivity index (χ1n) is 9.72. The predicted octanol–water partition coefficient (Wildman–Crippen LogP) is 2.66. The maximum Gasteiger partial charge on any atom is 0.257 e. The number of nitrogens with zero attached hydrogens (tertiary/aromatic N) is 4. The molecule has 0 aliphatic carbocycles. The van der Waals surface area contributed by atoms with Gasteiger partial charge in [-0.05, 0) is 37.1 Å². The zero-order valence-corrected chi connectivity index (χ0v) is 16.7. The molecule has 152 valence electrons. The zero-order chi connectivity index (χ0) is 20.8. The zero-order valence-electron chi connectivity index (χ0n) is 16.7. The van der Waals surface area contributed by atoms with Crippen LogP contribution < -0.4 is 20.5 Å². The highest BCUT2D eigenvalue weighted by Gasteiger charge is 2.31. The molecule has 30 heavy (non-hydrogen) atoms. The topological polar surface area (TPSA) is 92.0 Å². The molecule has 8 nitrogen and oxygen atoms in total. The van der Waals surface area contributed by atoms with E-state index in [0.29, 0.717) is 28.9 Å².